The third-order valence-corrected chi connectivity index (χ3v) is 3.50. The van der Waals surface area contributed by atoms with E-state index in [2.05, 4.69) is 9.88 Å². The number of alkyl halides is 1. The van der Waals surface area contributed by atoms with Gasteiger partial charge >= 0.3 is 0 Å². The summed E-state index contributed by atoms with van der Waals surface area (Å²) >= 11 is 5.91. The van der Waals surface area contributed by atoms with Crippen molar-refractivity contribution in [2.45, 2.75) is 31.7 Å². The molecule has 0 bridgehead atoms. The van der Waals surface area contributed by atoms with Crippen LogP contribution < -0.4 is 9.64 Å². The Kier molecular flexibility index (Phi) is 4.49. The van der Waals surface area contributed by atoms with E-state index in [4.69, 9.17) is 16.3 Å². The average Bonchev–Trinajstić information content (AvgIpc) is 2.89. The zero-order chi connectivity index (χ0) is 12.1. The highest BCUT2D eigenvalue weighted by molar-refractivity contribution is 6.18. The van der Waals surface area contributed by atoms with Gasteiger partial charge in [-0.25, -0.2) is 4.98 Å². The summed E-state index contributed by atoms with van der Waals surface area (Å²) in [6.45, 7) is 0.833. The summed E-state index contributed by atoms with van der Waals surface area (Å²) in [7, 11) is 1.69. The van der Waals surface area contributed by atoms with E-state index in [9.17, 15) is 0 Å². The van der Waals surface area contributed by atoms with Crippen LogP contribution in [-0.4, -0.2) is 30.6 Å². The first kappa shape index (κ1) is 12.5. The first-order valence-corrected chi connectivity index (χ1v) is 6.72. The van der Waals surface area contributed by atoms with Gasteiger partial charge in [-0.05, 0) is 25.0 Å². The van der Waals surface area contributed by atoms with Crippen molar-refractivity contribution < 1.29 is 4.74 Å². The number of hydrogen-bond donors (Lipinski definition) is 0. The van der Waals surface area contributed by atoms with Crippen LogP contribution in [-0.2, 0) is 0 Å². The van der Waals surface area contributed by atoms with Crippen molar-refractivity contribution in [1.82, 2.24) is 4.98 Å². The summed E-state index contributed by atoms with van der Waals surface area (Å²) in [4.78, 5) is 6.76. The zero-order valence-corrected chi connectivity index (χ0v) is 11.0. The number of methoxy groups -OCH3 is 1. The maximum absolute atomic E-state index is 5.91. The van der Waals surface area contributed by atoms with Gasteiger partial charge in [-0.2, -0.15) is 0 Å². The summed E-state index contributed by atoms with van der Waals surface area (Å²) in [5.74, 6) is 2.39. The molecule has 3 nitrogen and oxygen atoms in total. The van der Waals surface area contributed by atoms with Gasteiger partial charge in [0.25, 0.3) is 0 Å². The first-order valence-electron chi connectivity index (χ1n) is 6.18. The minimum atomic E-state index is 0.567. The van der Waals surface area contributed by atoms with Gasteiger partial charge in [-0.15, -0.1) is 11.6 Å². The number of hydrogen-bond acceptors (Lipinski definition) is 3. The van der Waals surface area contributed by atoms with E-state index in [1.165, 1.54) is 25.7 Å². The third kappa shape index (κ3) is 2.83. The minimum Gasteiger partial charge on any atom is -0.493 e. The van der Waals surface area contributed by atoms with E-state index in [1.54, 1.807) is 7.11 Å². The van der Waals surface area contributed by atoms with Gasteiger partial charge in [0, 0.05) is 24.7 Å². The molecular formula is C13H19ClN2O. The first-order chi connectivity index (χ1) is 8.36. The molecule has 0 N–H and O–H groups in total. The second-order valence-corrected chi connectivity index (χ2v) is 4.73. The van der Waals surface area contributed by atoms with Crippen molar-refractivity contribution in [3.8, 4) is 5.75 Å². The van der Waals surface area contributed by atoms with Crippen LogP contribution in [0.15, 0.2) is 18.3 Å². The Morgan fingerprint density at radius 3 is 2.88 bits per heavy atom. The summed E-state index contributed by atoms with van der Waals surface area (Å²) < 4.78 is 5.38. The van der Waals surface area contributed by atoms with Crippen molar-refractivity contribution in [2.75, 3.05) is 24.4 Å². The van der Waals surface area contributed by atoms with E-state index in [-0.39, 0.29) is 0 Å². The van der Waals surface area contributed by atoms with Gasteiger partial charge in [-0.3, -0.25) is 0 Å². The van der Waals surface area contributed by atoms with Crippen molar-refractivity contribution in [3.05, 3.63) is 18.3 Å². The molecule has 1 aliphatic rings. The second-order valence-electron chi connectivity index (χ2n) is 4.35. The van der Waals surface area contributed by atoms with Gasteiger partial charge in [0.15, 0.2) is 11.6 Å². The molecule has 4 heteroatoms. The summed E-state index contributed by atoms with van der Waals surface area (Å²) in [6, 6.07) is 4.42. The topological polar surface area (TPSA) is 25.4 Å². The van der Waals surface area contributed by atoms with Gasteiger partial charge in [0.05, 0.1) is 7.11 Å². The fourth-order valence-corrected chi connectivity index (χ4v) is 2.71. The molecule has 0 amide bonds. The lowest BCUT2D eigenvalue weighted by Gasteiger charge is -2.30. The molecule has 1 saturated carbocycles. The molecule has 0 radical (unpaired) electrons. The molecule has 2 rings (SSSR count). The van der Waals surface area contributed by atoms with Crippen molar-refractivity contribution in [2.24, 2.45) is 0 Å². The highest BCUT2D eigenvalue weighted by Crippen LogP contribution is 2.32. The van der Waals surface area contributed by atoms with Crippen molar-refractivity contribution in [3.63, 3.8) is 0 Å². The number of halogens is 1. The SMILES string of the molecule is COc1cccnc1N(CCCl)C1CCCC1. The molecule has 1 heterocycles. The highest BCUT2D eigenvalue weighted by Gasteiger charge is 2.25. The van der Waals surface area contributed by atoms with E-state index < -0.39 is 0 Å². The maximum Gasteiger partial charge on any atom is 0.171 e. The van der Waals surface area contributed by atoms with Gasteiger partial charge in [-0.1, -0.05) is 12.8 Å². The minimum absolute atomic E-state index is 0.567. The zero-order valence-electron chi connectivity index (χ0n) is 10.2. The Labute approximate surface area is 108 Å². The van der Waals surface area contributed by atoms with E-state index >= 15 is 0 Å². The lowest BCUT2D eigenvalue weighted by Crippen LogP contribution is -2.35. The fraction of sp³-hybridized carbons (Fsp3) is 0.615. The Bertz CT molecular complexity index is 353. The van der Waals surface area contributed by atoms with Gasteiger partial charge in [0.1, 0.15) is 0 Å². The molecule has 0 unspecified atom stereocenters. The number of aromatic nitrogens is 1. The molecule has 1 aromatic heterocycles. The summed E-state index contributed by atoms with van der Waals surface area (Å²) in [6.07, 6.45) is 6.89. The lowest BCUT2D eigenvalue weighted by atomic mass is 10.2. The van der Waals surface area contributed by atoms with Crippen LogP contribution in [0.1, 0.15) is 25.7 Å². The highest BCUT2D eigenvalue weighted by atomic mass is 35.5. The standard InChI is InChI=1S/C13H19ClN2O/c1-17-12-7-4-9-15-13(12)16(10-8-14)11-5-2-3-6-11/h4,7,9,11H,2-3,5-6,8,10H2,1H3. The normalized spacial score (nSPS) is 16.1. The number of ether oxygens (including phenoxy) is 1. The molecule has 1 aromatic rings. The Morgan fingerprint density at radius 1 is 1.47 bits per heavy atom. The second kappa shape index (κ2) is 6.10. The van der Waals surface area contributed by atoms with Crippen LogP contribution in [0.25, 0.3) is 0 Å². The van der Waals surface area contributed by atoms with Crippen LogP contribution >= 0.6 is 11.6 Å². The van der Waals surface area contributed by atoms with Crippen LogP contribution in [0, 0.1) is 0 Å². The summed E-state index contributed by atoms with van der Waals surface area (Å²) in [5.41, 5.74) is 0. The number of rotatable bonds is 5. The number of anilines is 1. The van der Waals surface area contributed by atoms with E-state index in [1.807, 2.05) is 18.3 Å². The molecule has 0 aromatic carbocycles. The quantitative estimate of drug-likeness (QED) is 0.755. The van der Waals surface area contributed by atoms with Crippen LogP contribution in [0.4, 0.5) is 5.82 Å². The largest absolute Gasteiger partial charge is 0.493 e. The molecule has 1 aliphatic carbocycles. The molecular weight excluding hydrogens is 236 g/mol. The predicted octanol–water partition coefficient (Wildman–Crippen LogP) is 3.08. The smallest absolute Gasteiger partial charge is 0.171 e. The van der Waals surface area contributed by atoms with Crippen LogP contribution in [0.3, 0.4) is 0 Å². The molecule has 0 aliphatic heterocycles. The third-order valence-electron chi connectivity index (χ3n) is 3.33. The van der Waals surface area contributed by atoms with E-state index in [0.717, 1.165) is 18.1 Å². The van der Waals surface area contributed by atoms with Crippen LogP contribution in [0.5, 0.6) is 5.75 Å². The number of pyridine rings is 1. The van der Waals surface area contributed by atoms with E-state index in [0.29, 0.717) is 11.9 Å². The predicted molar refractivity (Wildman–Crippen MR) is 71.1 cm³/mol. The molecule has 0 atom stereocenters. The summed E-state index contributed by atoms with van der Waals surface area (Å²) in [5, 5.41) is 0. The molecule has 1 fully saturated rings. The average molecular weight is 255 g/mol. The molecule has 94 valence electrons. The maximum atomic E-state index is 5.91. The van der Waals surface area contributed by atoms with Crippen molar-refractivity contribution >= 4 is 17.4 Å². The monoisotopic (exact) mass is 254 g/mol. The molecule has 0 spiro atoms. The Morgan fingerprint density at radius 2 is 2.24 bits per heavy atom. The van der Waals surface area contributed by atoms with Gasteiger partial charge in [0.2, 0.25) is 0 Å². The fourth-order valence-electron chi connectivity index (χ4n) is 2.53. The molecule has 0 saturated heterocycles. The Hall–Kier alpha value is -0.960. The molecule has 17 heavy (non-hydrogen) atoms. The Balaban J connectivity index is 2.24. The van der Waals surface area contributed by atoms with Gasteiger partial charge < -0.3 is 9.64 Å². The lowest BCUT2D eigenvalue weighted by molar-refractivity contribution is 0.410. The number of nitrogens with zero attached hydrogens (tertiary/aromatic N) is 2. The van der Waals surface area contributed by atoms with Crippen LogP contribution in [0.2, 0.25) is 0 Å². The van der Waals surface area contributed by atoms with Crippen molar-refractivity contribution in [1.29, 1.82) is 0 Å².